The number of amides is 1. The van der Waals surface area contributed by atoms with Gasteiger partial charge in [0.1, 0.15) is 4.83 Å². The quantitative estimate of drug-likeness (QED) is 0.761. The molecule has 102 valence electrons. The molecule has 0 radical (unpaired) electrons. The van der Waals surface area contributed by atoms with E-state index in [0.29, 0.717) is 16.8 Å². The van der Waals surface area contributed by atoms with Crippen molar-refractivity contribution in [1.82, 2.24) is 23.8 Å². The van der Waals surface area contributed by atoms with Gasteiger partial charge in [0.05, 0.1) is 24.0 Å². The van der Waals surface area contributed by atoms with Gasteiger partial charge in [0.15, 0.2) is 0 Å². The lowest BCUT2D eigenvalue weighted by Crippen LogP contribution is -2.33. The molecule has 20 heavy (non-hydrogen) atoms. The van der Waals surface area contributed by atoms with Crippen LogP contribution < -0.4 is 10.9 Å². The number of pyridine rings is 1. The molecule has 3 aromatic heterocycles. The highest BCUT2D eigenvalue weighted by Gasteiger charge is 2.14. The first-order chi connectivity index (χ1) is 9.66. The molecule has 3 heterocycles. The standard InChI is InChI=1S/C12H11N5O2S/c1-16-7-13-5-8(16)6-15-12(19)17-11(18)9-3-2-4-14-10(9)20-17/h2-5,7H,6H2,1H3,(H,15,19). The normalized spacial score (nSPS) is 10.8. The summed E-state index contributed by atoms with van der Waals surface area (Å²) < 4.78 is 2.88. The second-order valence-corrected chi connectivity index (χ2v) is 5.14. The molecular weight excluding hydrogens is 278 g/mol. The summed E-state index contributed by atoms with van der Waals surface area (Å²) in [5.74, 6) is 0. The van der Waals surface area contributed by atoms with Crippen molar-refractivity contribution >= 4 is 27.8 Å². The summed E-state index contributed by atoms with van der Waals surface area (Å²) in [5.41, 5.74) is 0.506. The molecule has 0 atom stereocenters. The fraction of sp³-hybridized carbons (Fsp3) is 0.167. The fourth-order valence-electron chi connectivity index (χ4n) is 1.79. The van der Waals surface area contributed by atoms with Gasteiger partial charge < -0.3 is 9.88 Å². The first-order valence-corrected chi connectivity index (χ1v) is 6.64. The van der Waals surface area contributed by atoms with Crippen LogP contribution in [0.3, 0.4) is 0 Å². The summed E-state index contributed by atoms with van der Waals surface area (Å²) in [6.45, 7) is 0.309. The van der Waals surface area contributed by atoms with Gasteiger partial charge in [-0.2, -0.15) is 3.96 Å². The van der Waals surface area contributed by atoms with Gasteiger partial charge in [-0.05, 0) is 23.7 Å². The van der Waals surface area contributed by atoms with Gasteiger partial charge in [-0.1, -0.05) is 0 Å². The number of aryl methyl sites for hydroxylation is 1. The molecular formula is C12H11N5O2S. The van der Waals surface area contributed by atoms with Crippen LogP contribution in [0.15, 0.2) is 35.6 Å². The van der Waals surface area contributed by atoms with Gasteiger partial charge in [-0.3, -0.25) is 4.79 Å². The largest absolute Gasteiger partial charge is 0.338 e. The topological polar surface area (TPSA) is 81.8 Å². The van der Waals surface area contributed by atoms with Crippen LogP contribution in [0.5, 0.6) is 0 Å². The monoisotopic (exact) mass is 289 g/mol. The van der Waals surface area contributed by atoms with Crippen molar-refractivity contribution in [3.8, 4) is 0 Å². The van der Waals surface area contributed by atoms with E-state index in [1.165, 1.54) is 0 Å². The van der Waals surface area contributed by atoms with Crippen LogP contribution in [0.25, 0.3) is 10.2 Å². The highest BCUT2D eigenvalue weighted by Crippen LogP contribution is 2.12. The molecule has 1 amide bonds. The third kappa shape index (κ3) is 2.10. The minimum atomic E-state index is -0.459. The Morgan fingerprint density at radius 1 is 1.50 bits per heavy atom. The number of rotatable bonds is 2. The molecule has 0 saturated heterocycles. The van der Waals surface area contributed by atoms with Crippen LogP contribution in [0.2, 0.25) is 0 Å². The lowest BCUT2D eigenvalue weighted by atomic mass is 10.4. The van der Waals surface area contributed by atoms with Crippen LogP contribution >= 0.6 is 11.5 Å². The molecule has 3 rings (SSSR count). The molecule has 3 aromatic rings. The van der Waals surface area contributed by atoms with Gasteiger partial charge in [-0.15, -0.1) is 0 Å². The minimum Gasteiger partial charge on any atom is -0.336 e. The predicted octanol–water partition coefficient (Wildman–Crippen LogP) is 0.949. The van der Waals surface area contributed by atoms with E-state index in [2.05, 4.69) is 15.3 Å². The van der Waals surface area contributed by atoms with E-state index in [0.717, 1.165) is 21.2 Å². The number of aromatic nitrogens is 4. The van der Waals surface area contributed by atoms with Gasteiger partial charge in [0, 0.05) is 19.4 Å². The zero-order chi connectivity index (χ0) is 14.1. The van der Waals surface area contributed by atoms with E-state index in [1.54, 1.807) is 35.4 Å². The SMILES string of the molecule is Cn1cncc1CNC(=O)n1sc2ncccc2c1=O. The second-order valence-electron chi connectivity index (χ2n) is 4.20. The number of nitrogens with zero attached hydrogens (tertiary/aromatic N) is 4. The van der Waals surface area contributed by atoms with Crippen LogP contribution in [0.1, 0.15) is 5.69 Å². The molecule has 0 bridgehead atoms. The van der Waals surface area contributed by atoms with Crippen molar-refractivity contribution in [2.45, 2.75) is 6.54 Å². The Hall–Kier alpha value is -2.48. The number of hydrogen-bond donors (Lipinski definition) is 1. The van der Waals surface area contributed by atoms with Gasteiger partial charge >= 0.3 is 6.03 Å². The maximum absolute atomic E-state index is 12.1. The van der Waals surface area contributed by atoms with Crippen molar-refractivity contribution in [2.75, 3.05) is 0 Å². The van der Waals surface area contributed by atoms with Gasteiger partial charge in [-0.25, -0.2) is 14.8 Å². The molecule has 0 aliphatic carbocycles. The van der Waals surface area contributed by atoms with E-state index in [9.17, 15) is 9.59 Å². The number of carbonyl (C=O) groups excluding carboxylic acids is 1. The Morgan fingerprint density at radius 2 is 2.35 bits per heavy atom. The Morgan fingerprint density at radius 3 is 3.05 bits per heavy atom. The lowest BCUT2D eigenvalue weighted by Gasteiger charge is -2.04. The average Bonchev–Trinajstić information content (AvgIpc) is 3.01. The average molecular weight is 289 g/mol. The number of hydrogen-bond acceptors (Lipinski definition) is 5. The van der Waals surface area contributed by atoms with Crippen molar-refractivity contribution in [2.24, 2.45) is 7.05 Å². The summed E-state index contributed by atoms with van der Waals surface area (Å²) in [5, 5.41) is 3.14. The second kappa shape index (κ2) is 4.89. The summed E-state index contributed by atoms with van der Waals surface area (Å²) >= 11 is 1.03. The minimum absolute atomic E-state index is 0.309. The smallest absolute Gasteiger partial charge is 0.336 e. The molecule has 8 heteroatoms. The number of imidazole rings is 1. The number of carbonyl (C=O) groups is 1. The molecule has 0 spiro atoms. The van der Waals surface area contributed by atoms with Crippen molar-refractivity contribution in [3.63, 3.8) is 0 Å². The van der Waals surface area contributed by atoms with E-state index in [1.807, 2.05) is 7.05 Å². The van der Waals surface area contributed by atoms with Gasteiger partial charge in [0.2, 0.25) is 0 Å². The Balaban J connectivity index is 1.84. The zero-order valence-electron chi connectivity index (χ0n) is 10.6. The predicted molar refractivity (Wildman–Crippen MR) is 74.7 cm³/mol. The van der Waals surface area contributed by atoms with Crippen molar-refractivity contribution < 1.29 is 4.79 Å². The highest BCUT2D eigenvalue weighted by atomic mass is 32.1. The summed E-state index contributed by atoms with van der Waals surface area (Å²) in [6.07, 6.45) is 4.91. The first-order valence-electron chi connectivity index (χ1n) is 5.87. The summed E-state index contributed by atoms with van der Waals surface area (Å²) in [4.78, 5) is 32.7. The Kier molecular flexibility index (Phi) is 3.07. The van der Waals surface area contributed by atoms with E-state index < -0.39 is 6.03 Å². The lowest BCUT2D eigenvalue weighted by molar-refractivity contribution is 0.243. The fourth-order valence-corrected chi connectivity index (χ4v) is 2.65. The Labute approximate surface area is 117 Å². The molecule has 0 saturated carbocycles. The third-order valence-corrected chi connectivity index (χ3v) is 3.90. The van der Waals surface area contributed by atoms with E-state index in [4.69, 9.17) is 0 Å². The van der Waals surface area contributed by atoms with E-state index in [-0.39, 0.29) is 5.56 Å². The Bertz CT molecular complexity index is 832. The van der Waals surface area contributed by atoms with Crippen molar-refractivity contribution in [1.29, 1.82) is 0 Å². The summed E-state index contributed by atoms with van der Waals surface area (Å²) in [7, 11) is 1.84. The molecule has 0 aliphatic rings. The number of fused-ring (bicyclic) bond motifs is 1. The van der Waals surface area contributed by atoms with Gasteiger partial charge in [0.25, 0.3) is 5.56 Å². The molecule has 1 N–H and O–H groups in total. The van der Waals surface area contributed by atoms with E-state index >= 15 is 0 Å². The molecule has 0 unspecified atom stereocenters. The van der Waals surface area contributed by atoms with Crippen LogP contribution in [0.4, 0.5) is 4.79 Å². The zero-order valence-corrected chi connectivity index (χ0v) is 11.4. The van der Waals surface area contributed by atoms with Crippen LogP contribution in [0, 0.1) is 0 Å². The first kappa shape index (κ1) is 12.5. The molecule has 0 aromatic carbocycles. The van der Waals surface area contributed by atoms with Crippen LogP contribution in [-0.2, 0) is 13.6 Å². The number of nitrogens with one attached hydrogen (secondary N) is 1. The maximum atomic E-state index is 12.1. The highest BCUT2D eigenvalue weighted by molar-refractivity contribution is 7.14. The third-order valence-electron chi connectivity index (χ3n) is 2.89. The molecule has 7 nitrogen and oxygen atoms in total. The van der Waals surface area contributed by atoms with Crippen molar-refractivity contribution in [3.05, 3.63) is 46.9 Å². The maximum Gasteiger partial charge on any atom is 0.338 e. The van der Waals surface area contributed by atoms with Crippen LogP contribution in [-0.4, -0.2) is 24.5 Å². The molecule has 0 aliphatic heterocycles. The summed E-state index contributed by atoms with van der Waals surface area (Å²) in [6, 6.07) is 2.87. The molecule has 0 fully saturated rings.